The Morgan fingerprint density at radius 3 is 2.68 bits per heavy atom. The van der Waals surface area contributed by atoms with E-state index in [0.29, 0.717) is 25.3 Å². The number of ether oxygens (including phenoxy) is 1. The van der Waals surface area contributed by atoms with Gasteiger partial charge in [-0.2, -0.15) is 0 Å². The largest absolute Gasteiger partial charge is 0.368 e. The number of pyridine rings is 1. The number of aromatic nitrogens is 1. The summed E-state index contributed by atoms with van der Waals surface area (Å²) in [6, 6.07) is 3.39. The number of carbonyl (C=O) groups excluding carboxylic acids is 2. The Hall–Kier alpha value is -1.95. The van der Waals surface area contributed by atoms with Gasteiger partial charge >= 0.3 is 0 Å². The second-order valence-corrected chi connectivity index (χ2v) is 5.96. The van der Waals surface area contributed by atoms with Gasteiger partial charge in [0.1, 0.15) is 6.10 Å². The highest BCUT2D eigenvalue weighted by atomic mass is 16.5. The van der Waals surface area contributed by atoms with E-state index in [-0.39, 0.29) is 17.9 Å². The van der Waals surface area contributed by atoms with Gasteiger partial charge in [-0.15, -0.1) is 0 Å². The van der Waals surface area contributed by atoms with Crippen LogP contribution in [-0.4, -0.2) is 41.4 Å². The maximum atomic E-state index is 12.5. The van der Waals surface area contributed by atoms with Crippen molar-refractivity contribution >= 4 is 11.8 Å². The average Bonchev–Trinajstić information content (AvgIpc) is 3.09. The molecule has 2 heterocycles. The van der Waals surface area contributed by atoms with E-state index >= 15 is 0 Å². The molecule has 0 spiro atoms. The van der Waals surface area contributed by atoms with E-state index in [0.717, 1.165) is 31.4 Å². The van der Waals surface area contributed by atoms with Gasteiger partial charge in [0, 0.05) is 18.7 Å². The van der Waals surface area contributed by atoms with Crippen molar-refractivity contribution in [3.63, 3.8) is 0 Å². The molecule has 0 aromatic carbocycles. The fourth-order valence-electron chi connectivity index (χ4n) is 3.20. The molecule has 3 rings (SSSR count). The van der Waals surface area contributed by atoms with E-state index in [9.17, 15) is 9.59 Å². The fourth-order valence-corrected chi connectivity index (χ4v) is 3.20. The second-order valence-electron chi connectivity index (χ2n) is 5.96. The van der Waals surface area contributed by atoms with Gasteiger partial charge < -0.3 is 15.4 Å². The van der Waals surface area contributed by atoms with Gasteiger partial charge in [0.25, 0.3) is 0 Å². The van der Waals surface area contributed by atoms with Crippen molar-refractivity contribution in [1.82, 2.24) is 9.88 Å². The number of carbonyl (C=O) groups is 2. The number of primary amides is 1. The molecule has 0 radical (unpaired) electrons. The molecule has 118 valence electrons. The number of nitrogens with two attached hydrogens (primary N) is 1. The zero-order valence-electron chi connectivity index (χ0n) is 12.5. The summed E-state index contributed by atoms with van der Waals surface area (Å²) in [6.45, 7) is 1.69. The molecule has 1 aromatic rings. The lowest BCUT2D eigenvalue weighted by atomic mass is 10.1. The van der Waals surface area contributed by atoms with E-state index in [1.54, 1.807) is 12.1 Å². The number of hydrogen-bond acceptors (Lipinski definition) is 4. The molecule has 22 heavy (non-hydrogen) atoms. The van der Waals surface area contributed by atoms with Crippen molar-refractivity contribution in [3.05, 3.63) is 29.6 Å². The van der Waals surface area contributed by atoms with Crippen LogP contribution in [0.15, 0.2) is 18.3 Å². The summed E-state index contributed by atoms with van der Waals surface area (Å²) >= 11 is 0. The van der Waals surface area contributed by atoms with Crippen molar-refractivity contribution in [2.24, 2.45) is 11.7 Å². The van der Waals surface area contributed by atoms with Crippen molar-refractivity contribution in [2.75, 3.05) is 19.7 Å². The second kappa shape index (κ2) is 6.44. The van der Waals surface area contributed by atoms with Crippen molar-refractivity contribution < 1.29 is 14.3 Å². The summed E-state index contributed by atoms with van der Waals surface area (Å²) in [4.78, 5) is 29.7. The normalized spacial score (nSPS) is 22.7. The minimum Gasteiger partial charge on any atom is -0.368 e. The molecule has 2 fully saturated rings. The van der Waals surface area contributed by atoms with Crippen LogP contribution in [0, 0.1) is 5.92 Å². The Kier molecular flexibility index (Phi) is 4.38. The number of rotatable bonds is 3. The lowest BCUT2D eigenvalue weighted by Crippen LogP contribution is -2.44. The Morgan fingerprint density at radius 1 is 1.27 bits per heavy atom. The fraction of sp³-hybridized carbons (Fsp3) is 0.562. The summed E-state index contributed by atoms with van der Waals surface area (Å²) in [5, 5.41) is 0. The van der Waals surface area contributed by atoms with Crippen LogP contribution in [-0.2, 0) is 9.53 Å². The molecule has 0 bridgehead atoms. The molecular weight excluding hydrogens is 282 g/mol. The minimum atomic E-state index is -0.498. The molecule has 6 heteroatoms. The summed E-state index contributed by atoms with van der Waals surface area (Å²) in [7, 11) is 0. The number of nitrogens with zero attached hydrogens (tertiary/aromatic N) is 2. The molecule has 1 saturated heterocycles. The van der Waals surface area contributed by atoms with E-state index in [1.165, 1.54) is 6.20 Å². The van der Waals surface area contributed by atoms with E-state index in [1.807, 2.05) is 4.90 Å². The van der Waals surface area contributed by atoms with Crippen LogP contribution >= 0.6 is 0 Å². The Bertz CT molecular complexity index is 552. The molecule has 1 aliphatic heterocycles. The SMILES string of the molecule is NC(=O)c1ccc(C2CN(C(=O)C3CCCC3)CCO2)nc1. The molecular formula is C16H21N3O3. The maximum absolute atomic E-state index is 12.5. The van der Waals surface area contributed by atoms with Gasteiger partial charge in [-0.1, -0.05) is 12.8 Å². The van der Waals surface area contributed by atoms with Gasteiger partial charge in [-0.05, 0) is 25.0 Å². The quantitative estimate of drug-likeness (QED) is 0.911. The Morgan fingerprint density at radius 2 is 2.05 bits per heavy atom. The lowest BCUT2D eigenvalue weighted by Gasteiger charge is -2.34. The molecule has 1 saturated carbocycles. The first-order valence-corrected chi connectivity index (χ1v) is 7.81. The molecule has 6 nitrogen and oxygen atoms in total. The third-order valence-corrected chi connectivity index (χ3v) is 4.48. The summed E-state index contributed by atoms with van der Waals surface area (Å²) in [5.74, 6) is -0.0647. The van der Waals surface area contributed by atoms with Crippen LogP contribution < -0.4 is 5.73 Å². The first-order valence-electron chi connectivity index (χ1n) is 7.81. The van der Waals surface area contributed by atoms with Crippen LogP contribution in [0.3, 0.4) is 0 Å². The lowest BCUT2D eigenvalue weighted by molar-refractivity contribution is -0.143. The third kappa shape index (κ3) is 3.11. The van der Waals surface area contributed by atoms with Gasteiger partial charge in [-0.3, -0.25) is 14.6 Å². The standard InChI is InChI=1S/C16H21N3O3/c17-15(20)12-5-6-13(18-9-12)14-10-19(7-8-22-14)16(21)11-3-1-2-4-11/h5-6,9,11,14H,1-4,7-8,10H2,(H2,17,20). The highest BCUT2D eigenvalue weighted by Gasteiger charge is 2.31. The van der Waals surface area contributed by atoms with Gasteiger partial charge in [0.15, 0.2) is 0 Å². The van der Waals surface area contributed by atoms with E-state index < -0.39 is 5.91 Å². The number of amides is 2. The molecule has 2 amide bonds. The van der Waals surface area contributed by atoms with Crippen molar-refractivity contribution in [3.8, 4) is 0 Å². The Balaban J connectivity index is 1.67. The summed E-state index contributed by atoms with van der Waals surface area (Å²) < 4.78 is 5.73. The van der Waals surface area contributed by atoms with E-state index in [4.69, 9.17) is 10.5 Å². The zero-order chi connectivity index (χ0) is 15.5. The highest BCUT2D eigenvalue weighted by Crippen LogP contribution is 2.29. The van der Waals surface area contributed by atoms with Crippen LogP contribution in [0.2, 0.25) is 0 Å². The van der Waals surface area contributed by atoms with Crippen LogP contribution in [0.4, 0.5) is 0 Å². The van der Waals surface area contributed by atoms with Gasteiger partial charge in [0.2, 0.25) is 11.8 Å². The molecule has 2 N–H and O–H groups in total. The number of morpholine rings is 1. The molecule has 1 unspecified atom stereocenters. The molecule has 1 aliphatic carbocycles. The van der Waals surface area contributed by atoms with Gasteiger partial charge in [0.05, 0.1) is 24.4 Å². The monoisotopic (exact) mass is 303 g/mol. The van der Waals surface area contributed by atoms with Crippen LogP contribution in [0.5, 0.6) is 0 Å². The molecule has 1 atom stereocenters. The predicted molar refractivity (Wildman–Crippen MR) is 80.0 cm³/mol. The Labute approximate surface area is 129 Å². The molecule has 1 aromatic heterocycles. The third-order valence-electron chi connectivity index (χ3n) is 4.48. The van der Waals surface area contributed by atoms with Crippen LogP contribution in [0.1, 0.15) is 47.8 Å². The smallest absolute Gasteiger partial charge is 0.250 e. The van der Waals surface area contributed by atoms with E-state index in [2.05, 4.69) is 4.98 Å². The summed E-state index contributed by atoms with van der Waals surface area (Å²) in [6.07, 6.45) is 5.54. The van der Waals surface area contributed by atoms with Crippen molar-refractivity contribution in [1.29, 1.82) is 0 Å². The minimum absolute atomic E-state index is 0.184. The summed E-state index contributed by atoms with van der Waals surface area (Å²) in [5.41, 5.74) is 6.31. The highest BCUT2D eigenvalue weighted by molar-refractivity contribution is 5.92. The number of hydrogen-bond donors (Lipinski definition) is 1. The topological polar surface area (TPSA) is 85.5 Å². The predicted octanol–water partition coefficient (Wildman–Crippen LogP) is 1.27. The molecule has 2 aliphatic rings. The first-order chi connectivity index (χ1) is 10.6. The van der Waals surface area contributed by atoms with Crippen molar-refractivity contribution in [2.45, 2.75) is 31.8 Å². The van der Waals surface area contributed by atoms with Gasteiger partial charge in [-0.25, -0.2) is 0 Å². The average molecular weight is 303 g/mol. The first kappa shape index (κ1) is 15.0. The zero-order valence-corrected chi connectivity index (χ0v) is 12.5. The van der Waals surface area contributed by atoms with Crippen LogP contribution in [0.25, 0.3) is 0 Å². The maximum Gasteiger partial charge on any atom is 0.250 e.